The molecule has 0 atom stereocenters. The summed E-state index contributed by atoms with van der Waals surface area (Å²) in [6, 6.07) is 12.1. The summed E-state index contributed by atoms with van der Waals surface area (Å²) < 4.78 is 45.1. The number of rotatable bonds is 6. The summed E-state index contributed by atoms with van der Waals surface area (Å²) in [5.41, 5.74) is 0.715. The van der Waals surface area contributed by atoms with Gasteiger partial charge in [0, 0.05) is 18.7 Å². The molecule has 3 rings (SSSR count). The Morgan fingerprint density at radius 2 is 1.72 bits per heavy atom. The van der Waals surface area contributed by atoms with Crippen LogP contribution in [0.15, 0.2) is 65.7 Å². The summed E-state index contributed by atoms with van der Waals surface area (Å²) in [7, 11) is -2.47. The number of aromatic nitrogens is 1. The van der Waals surface area contributed by atoms with Crippen LogP contribution in [0, 0.1) is 22.9 Å². The molecular weight excluding hydrogens is 401 g/mol. The Labute approximate surface area is 166 Å². The summed E-state index contributed by atoms with van der Waals surface area (Å²) in [6.07, 6.45) is 1.10. The second kappa shape index (κ2) is 7.84. The van der Waals surface area contributed by atoms with Gasteiger partial charge in [-0.3, -0.25) is 14.4 Å². The van der Waals surface area contributed by atoms with Crippen LogP contribution in [0.4, 0.5) is 15.8 Å². The number of anilines is 1. The van der Waals surface area contributed by atoms with Crippen LogP contribution in [0.2, 0.25) is 0 Å². The van der Waals surface area contributed by atoms with Gasteiger partial charge in [-0.1, -0.05) is 0 Å². The lowest BCUT2D eigenvalue weighted by Gasteiger charge is -2.20. The van der Waals surface area contributed by atoms with E-state index >= 15 is 0 Å². The number of nitrogens with zero attached hydrogens (tertiary/aromatic N) is 3. The van der Waals surface area contributed by atoms with Crippen molar-refractivity contribution >= 4 is 21.4 Å². The molecule has 0 saturated carbocycles. The standard InChI is InChI=1S/C19H16FN3O5S/c1-13-11-16(23(24)25)12-21-19(13)28-17-7-5-15(6-8-17)22(2)29(26,27)18-9-3-14(20)4-10-18/h3-12H,1-2H3. The molecule has 8 nitrogen and oxygen atoms in total. The van der Waals surface area contributed by atoms with Crippen LogP contribution in [0.3, 0.4) is 0 Å². The van der Waals surface area contributed by atoms with E-state index in [-0.39, 0.29) is 16.5 Å². The molecule has 29 heavy (non-hydrogen) atoms. The van der Waals surface area contributed by atoms with Crippen molar-refractivity contribution in [2.24, 2.45) is 0 Å². The molecule has 0 aliphatic carbocycles. The highest BCUT2D eigenvalue weighted by Gasteiger charge is 2.21. The van der Waals surface area contributed by atoms with Crippen molar-refractivity contribution in [3.8, 4) is 11.6 Å². The minimum atomic E-state index is -3.85. The first kappa shape index (κ1) is 20.2. The van der Waals surface area contributed by atoms with Crippen LogP contribution < -0.4 is 9.04 Å². The van der Waals surface area contributed by atoms with Crippen LogP contribution in [-0.4, -0.2) is 25.4 Å². The average Bonchev–Trinajstić information content (AvgIpc) is 2.69. The number of hydrogen-bond donors (Lipinski definition) is 0. The molecule has 1 heterocycles. The lowest BCUT2D eigenvalue weighted by Crippen LogP contribution is -2.26. The summed E-state index contributed by atoms with van der Waals surface area (Å²) in [5, 5.41) is 10.8. The zero-order valence-corrected chi connectivity index (χ0v) is 16.3. The molecule has 2 aromatic carbocycles. The number of ether oxygens (including phenoxy) is 1. The van der Waals surface area contributed by atoms with Gasteiger partial charge in [0.25, 0.3) is 15.7 Å². The van der Waals surface area contributed by atoms with E-state index in [9.17, 15) is 22.9 Å². The van der Waals surface area contributed by atoms with Crippen LogP contribution in [0.1, 0.15) is 5.56 Å². The van der Waals surface area contributed by atoms with Crippen LogP contribution >= 0.6 is 0 Å². The smallest absolute Gasteiger partial charge is 0.288 e. The molecule has 0 unspecified atom stereocenters. The molecule has 1 aromatic heterocycles. The topological polar surface area (TPSA) is 103 Å². The van der Waals surface area contributed by atoms with Gasteiger partial charge in [0.05, 0.1) is 15.5 Å². The number of halogens is 1. The minimum Gasteiger partial charge on any atom is -0.439 e. The van der Waals surface area contributed by atoms with Crippen molar-refractivity contribution in [1.82, 2.24) is 4.98 Å². The molecule has 10 heteroatoms. The van der Waals surface area contributed by atoms with Gasteiger partial charge < -0.3 is 4.74 Å². The molecule has 0 aliphatic heterocycles. The molecule has 0 aliphatic rings. The lowest BCUT2D eigenvalue weighted by molar-refractivity contribution is -0.385. The second-order valence-corrected chi connectivity index (χ2v) is 8.06. The van der Waals surface area contributed by atoms with Gasteiger partial charge in [-0.2, -0.15) is 0 Å². The minimum absolute atomic E-state index is 0.0348. The van der Waals surface area contributed by atoms with Crippen LogP contribution in [0.25, 0.3) is 0 Å². The third-order valence-electron chi connectivity index (χ3n) is 4.11. The highest BCUT2D eigenvalue weighted by molar-refractivity contribution is 7.92. The van der Waals surface area contributed by atoms with E-state index in [1.807, 2.05) is 0 Å². The van der Waals surface area contributed by atoms with Gasteiger partial charge in [-0.05, 0) is 55.5 Å². The van der Waals surface area contributed by atoms with Gasteiger partial charge in [0.15, 0.2) is 0 Å². The number of benzene rings is 2. The first-order valence-electron chi connectivity index (χ1n) is 8.32. The van der Waals surface area contributed by atoms with E-state index < -0.39 is 20.8 Å². The molecule has 0 fully saturated rings. The predicted octanol–water partition coefficient (Wildman–Crippen LogP) is 4.05. The molecule has 0 bridgehead atoms. The van der Waals surface area contributed by atoms with Gasteiger partial charge in [-0.25, -0.2) is 17.8 Å². The van der Waals surface area contributed by atoms with Crippen molar-refractivity contribution in [3.05, 3.63) is 82.3 Å². The fourth-order valence-corrected chi connectivity index (χ4v) is 3.69. The Morgan fingerprint density at radius 3 is 2.28 bits per heavy atom. The zero-order chi connectivity index (χ0) is 21.2. The van der Waals surface area contributed by atoms with E-state index in [2.05, 4.69) is 4.98 Å². The van der Waals surface area contributed by atoms with Crippen molar-refractivity contribution in [1.29, 1.82) is 0 Å². The molecular formula is C19H16FN3O5S. The van der Waals surface area contributed by atoms with Gasteiger partial charge in [0.2, 0.25) is 5.88 Å². The highest BCUT2D eigenvalue weighted by atomic mass is 32.2. The summed E-state index contributed by atoms with van der Waals surface area (Å²) in [6.45, 7) is 1.63. The first-order chi connectivity index (χ1) is 13.7. The van der Waals surface area contributed by atoms with E-state index in [1.54, 1.807) is 19.1 Å². The maximum absolute atomic E-state index is 13.1. The van der Waals surface area contributed by atoms with E-state index in [4.69, 9.17) is 4.74 Å². The summed E-state index contributed by atoms with van der Waals surface area (Å²) >= 11 is 0. The molecule has 3 aromatic rings. The summed E-state index contributed by atoms with van der Waals surface area (Å²) in [5.74, 6) is 0.0599. The Kier molecular flexibility index (Phi) is 5.46. The second-order valence-electron chi connectivity index (χ2n) is 6.10. The number of hydrogen-bond acceptors (Lipinski definition) is 6. The molecule has 0 N–H and O–H groups in total. The lowest BCUT2D eigenvalue weighted by atomic mass is 10.2. The Hall–Kier alpha value is -3.53. The molecule has 0 saturated heterocycles. The first-order valence-corrected chi connectivity index (χ1v) is 9.76. The zero-order valence-electron chi connectivity index (χ0n) is 15.4. The van der Waals surface area contributed by atoms with E-state index in [0.29, 0.717) is 17.0 Å². The molecule has 0 spiro atoms. The molecule has 0 amide bonds. The number of aryl methyl sites for hydroxylation is 1. The highest BCUT2D eigenvalue weighted by Crippen LogP contribution is 2.28. The van der Waals surface area contributed by atoms with E-state index in [0.717, 1.165) is 22.6 Å². The van der Waals surface area contributed by atoms with Crippen molar-refractivity contribution in [2.75, 3.05) is 11.4 Å². The summed E-state index contributed by atoms with van der Waals surface area (Å²) in [4.78, 5) is 14.1. The maximum atomic E-state index is 13.1. The van der Waals surface area contributed by atoms with Gasteiger partial charge in [-0.15, -0.1) is 0 Å². The largest absolute Gasteiger partial charge is 0.439 e. The number of nitro groups is 1. The van der Waals surface area contributed by atoms with E-state index in [1.165, 1.54) is 37.4 Å². The quantitative estimate of drug-likeness (QED) is 0.443. The van der Waals surface area contributed by atoms with Crippen LogP contribution in [0.5, 0.6) is 11.6 Å². The van der Waals surface area contributed by atoms with Gasteiger partial charge >= 0.3 is 0 Å². The van der Waals surface area contributed by atoms with Crippen molar-refractivity contribution < 1.29 is 22.5 Å². The number of sulfonamides is 1. The molecule has 0 radical (unpaired) electrons. The third kappa shape index (κ3) is 4.32. The average molecular weight is 417 g/mol. The molecule has 150 valence electrons. The third-order valence-corrected chi connectivity index (χ3v) is 5.91. The Morgan fingerprint density at radius 1 is 1.10 bits per heavy atom. The Balaban J connectivity index is 1.79. The maximum Gasteiger partial charge on any atom is 0.288 e. The van der Waals surface area contributed by atoms with Crippen molar-refractivity contribution in [3.63, 3.8) is 0 Å². The van der Waals surface area contributed by atoms with Crippen LogP contribution in [-0.2, 0) is 10.0 Å². The normalized spacial score (nSPS) is 11.1. The fourth-order valence-electron chi connectivity index (χ4n) is 2.49. The Bertz CT molecular complexity index is 1150. The number of pyridine rings is 1. The SMILES string of the molecule is Cc1cc([N+](=O)[O-])cnc1Oc1ccc(N(C)S(=O)(=O)c2ccc(F)cc2)cc1. The fraction of sp³-hybridized carbons (Fsp3) is 0.105. The van der Waals surface area contributed by atoms with Crippen molar-refractivity contribution in [2.45, 2.75) is 11.8 Å². The predicted molar refractivity (Wildman–Crippen MR) is 104 cm³/mol. The van der Waals surface area contributed by atoms with Gasteiger partial charge in [0.1, 0.15) is 17.8 Å². The monoisotopic (exact) mass is 417 g/mol.